The van der Waals surface area contributed by atoms with E-state index in [2.05, 4.69) is 5.32 Å². The van der Waals surface area contributed by atoms with Crippen LogP contribution in [0.5, 0.6) is 11.5 Å². The first-order valence-electron chi connectivity index (χ1n) is 6.01. The minimum Gasteiger partial charge on any atom is -0.486 e. The third-order valence-electron chi connectivity index (χ3n) is 3.56. The van der Waals surface area contributed by atoms with Crippen molar-refractivity contribution in [3.8, 4) is 11.5 Å². The summed E-state index contributed by atoms with van der Waals surface area (Å²) < 4.78 is 9.91. The molecule has 3 rings (SSSR count). The zero-order valence-corrected chi connectivity index (χ0v) is 11.8. The van der Waals surface area contributed by atoms with Crippen LogP contribution in [-0.4, -0.2) is 23.5 Å². The molecule has 1 aromatic carbocycles. The van der Waals surface area contributed by atoms with Crippen LogP contribution in [0.2, 0.25) is 0 Å². The minimum atomic E-state index is -0.967. The quantitative estimate of drug-likeness (QED) is 0.854. The van der Waals surface area contributed by atoms with Gasteiger partial charge in [0, 0.05) is 11.8 Å². The van der Waals surface area contributed by atoms with Crippen molar-refractivity contribution < 1.29 is 14.3 Å². The van der Waals surface area contributed by atoms with Gasteiger partial charge in [0.05, 0.1) is 5.41 Å². The Morgan fingerprint density at radius 3 is 2.53 bits per heavy atom. The van der Waals surface area contributed by atoms with Gasteiger partial charge in [-0.3, -0.25) is 4.79 Å². The molecule has 0 aromatic heterocycles. The summed E-state index contributed by atoms with van der Waals surface area (Å²) in [6, 6.07) is 5.28. The van der Waals surface area contributed by atoms with Crippen LogP contribution >= 0.6 is 23.2 Å². The lowest BCUT2D eigenvalue weighted by Crippen LogP contribution is -2.26. The Hall–Kier alpha value is -1.13. The smallest absolute Gasteiger partial charge is 0.233 e. The highest BCUT2D eigenvalue weighted by Gasteiger charge is 2.67. The Bertz CT molecular complexity index is 547. The summed E-state index contributed by atoms with van der Waals surface area (Å²) in [5, 5.41) is 2.81. The molecule has 102 valence electrons. The lowest BCUT2D eigenvalue weighted by atomic mass is 10.1. The van der Waals surface area contributed by atoms with Crippen molar-refractivity contribution in [2.75, 3.05) is 18.5 Å². The Labute approximate surface area is 121 Å². The van der Waals surface area contributed by atoms with Crippen LogP contribution in [0.3, 0.4) is 0 Å². The third kappa shape index (κ3) is 2.13. The van der Waals surface area contributed by atoms with Gasteiger partial charge in [-0.25, -0.2) is 0 Å². The van der Waals surface area contributed by atoms with Crippen LogP contribution in [0, 0.1) is 5.41 Å². The van der Waals surface area contributed by atoms with Crippen LogP contribution < -0.4 is 14.8 Å². The van der Waals surface area contributed by atoms with E-state index in [4.69, 9.17) is 32.7 Å². The molecule has 19 heavy (non-hydrogen) atoms. The van der Waals surface area contributed by atoms with E-state index in [0.717, 1.165) is 0 Å². The molecule has 1 aliphatic carbocycles. The molecular formula is C13H13Cl2NO3. The van der Waals surface area contributed by atoms with Crippen molar-refractivity contribution in [2.45, 2.75) is 17.7 Å². The zero-order chi connectivity index (χ0) is 13.7. The van der Waals surface area contributed by atoms with E-state index in [1.165, 1.54) is 0 Å². The number of amides is 1. The summed E-state index contributed by atoms with van der Waals surface area (Å²) >= 11 is 12.0. The number of nitrogens with one attached hydrogen (secondary N) is 1. The Morgan fingerprint density at radius 2 is 1.89 bits per heavy atom. The van der Waals surface area contributed by atoms with E-state index in [1.54, 1.807) is 25.1 Å². The second-order valence-corrected chi connectivity index (χ2v) is 6.51. The molecule has 1 fully saturated rings. The van der Waals surface area contributed by atoms with Gasteiger partial charge in [-0.2, -0.15) is 0 Å². The van der Waals surface area contributed by atoms with Gasteiger partial charge in [-0.1, -0.05) is 0 Å². The normalized spacial score (nSPS) is 26.7. The maximum atomic E-state index is 12.1. The molecule has 1 amide bonds. The van der Waals surface area contributed by atoms with E-state index < -0.39 is 9.75 Å². The number of halogens is 2. The Morgan fingerprint density at radius 1 is 1.26 bits per heavy atom. The number of carbonyl (C=O) groups excluding carboxylic acids is 1. The number of carbonyl (C=O) groups is 1. The predicted molar refractivity (Wildman–Crippen MR) is 73.2 cm³/mol. The summed E-state index contributed by atoms with van der Waals surface area (Å²) in [5.41, 5.74) is -0.0879. The number of fused-ring (bicyclic) bond motifs is 1. The van der Waals surface area contributed by atoms with Crippen LogP contribution in [0.15, 0.2) is 18.2 Å². The molecule has 1 atom stereocenters. The third-order valence-corrected chi connectivity index (χ3v) is 4.66. The Kier molecular flexibility index (Phi) is 2.84. The molecular weight excluding hydrogens is 289 g/mol. The first kappa shape index (κ1) is 12.9. The molecule has 0 saturated heterocycles. The summed E-state index contributed by atoms with van der Waals surface area (Å²) in [6.07, 6.45) is 0.458. The van der Waals surface area contributed by atoms with Crippen molar-refractivity contribution >= 4 is 34.8 Å². The highest BCUT2D eigenvalue weighted by molar-refractivity contribution is 6.53. The molecule has 0 bridgehead atoms. The van der Waals surface area contributed by atoms with Crippen molar-refractivity contribution in [1.29, 1.82) is 0 Å². The van der Waals surface area contributed by atoms with Crippen LogP contribution in [-0.2, 0) is 4.79 Å². The average Bonchev–Trinajstić information content (AvgIpc) is 2.90. The van der Waals surface area contributed by atoms with Crippen molar-refractivity contribution in [3.63, 3.8) is 0 Å². The predicted octanol–water partition coefficient (Wildman–Crippen LogP) is 2.98. The molecule has 0 unspecified atom stereocenters. The SMILES string of the molecule is C[C@]1(C(=O)Nc2ccc3c(c2)OCCO3)CC1(Cl)Cl. The average molecular weight is 302 g/mol. The number of rotatable bonds is 2. The second kappa shape index (κ2) is 4.18. The molecule has 0 radical (unpaired) electrons. The molecule has 1 saturated carbocycles. The van der Waals surface area contributed by atoms with E-state index >= 15 is 0 Å². The molecule has 2 aliphatic rings. The highest BCUT2D eigenvalue weighted by atomic mass is 35.5. The van der Waals surface area contributed by atoms with Crippen LogP contribution in [0.4, 0.5) is 5.69 Å². The molecule has 1 aliphatic heterocycles. The maximum absolute atomic E-state index is 12.1. The summed E-state index contributed by atoms with van der Waals surface area (Å²) in [7, 11) is 0. The molecule has 1 aromatic rings. The van der Waals surface area contributed by atoms with Crippen molar-refractivity contribution in [2.24, 2.45) is 5.41 Å². The van der Waals surface area contributed by atoms with E-state index in [0.29, 0.717) is 36.8 Å². The van der Waals surface area contributed by atoms with Crippen molar-refractivity contribution in [1.82, 2.24) is 0 Å². The lowest BCUT2D eigenvalue weighted by Gasteiger charge is -2.19. The van der Waals surface area contributed by atoms with Gasteiger partial charge in [0.1, 0.15) is 17.5 Å². The summed E-state index contributed by atoms with van der Waals surface area (Å²) in [6.45, 7) is 2.80. The van der Waals surface area contributed by atoms with E-state index in [-0.39, 0.29) is 5.91 Å². The summed E-state index contributed by atoms with van der Waals surface area (Å²) in [5.74, 6) is 1.13. The van der Waals surface area contributed by atoms with Gasteiger partial charge in [-0.05, 0) is 25.5 Å². The van der Waals surface area contributed by atoms with E-state index in [9.17, 15) is 4.79 Å². The number of alkyl halides is 2. The Balaban J connectivity index is 1.76. The highest BCUT2D eigenvalue weighted by Crippen LogP contribution is 2.64. The maximum Gasteiger partial charge on any atom is 0.233 e. The first-order valence-corrected chi connectivity index (χ1v) is 6.77. The van der Waals surface area contributed by atoms with Crippen LogP contribution in [0.1, 0.15) is 13.3 Å². The summed E-state index contributed by atoms with van der Waals surface area (Å²) in [4.78, 5) is 12.1. The number of benzene rings is 1. The fraction of sp³-hybridized carbons (Fsp3) is 0.462. The van der Waals surface area contributed by atoms with Crippen molar-refractivity contribution in [3.05, 3.63) is 18.2 Å². The molecule has 0 spiro atoms. The fourth-order valence-corrected chi connectivity index (χ4v) is 2.74. The van der Waals surface area contributed by atoms with E-state index in [1.807, 2.05) is 0 Å². The standard InChI is InChI=1S/C13H13Cl2NO3/c1-12(7-13(12,14)15)11(17)16-8-2-3-9-10(6-8)19-5-4-18-9/h2-3,6H,4-5,7H2,1H3,(H,16,17)/t12-/m1/s1. The van der Waals surface area contributed by atoms with Gasteiger partial charge in [0.2, 0.25) is 5.91 Å². The minimum absolute atomic E-state index is 0.186. The number of anilines is 1. The molecule has 1 N–H and O–H groups in total. The fourth-order valence-electron chi connectivity index (χ4n) is 2.04. The molecule has 4 nitrogen and oxygen atoms in total. The first-order chi connectivity index (χ1) is 8.92. The number of hydrogen-bond donors (Lipinski definition) is 1. The van der Waals surface area contributed by atoms with Gasteiger partial charge < -0.3 is 14.8 Å². The second-order valence-electron chi connectivity index (χ2n) is 5.03. The topological polar surface area (TPSA) is 47.6 Å². The monoisotopic (exact) mass is 301 g/mol. The molecule has 1 heterocycles. The lowest BCUT2D eigenvalue weighted by molar-refractivity contribution is -0.120. The largest absolute Gasteiger partial charge is 0.486 e. The van der Waals surface area contributed by atoms with Crippen LogP contribution in [0.25, 0.3) is 0 Å². The van der Waals surface area contributed by atoms with Gasteiger partial charge in [0.25, 0.3) is 0 Å². The zero-order valence-electron chi connectivity index (χ0n) is 10.3. The number of hydrogen-bond acceptors (Lipinski definition) is 3. The molecule has 6 heteroatoms. The van der Waals surface area contributed by atoms with Gasteiger partial charge in [-0.15, -0.1) is 23.2 Å². The van der Waals surface area contributed by atoms with Gasteiger partial charge in [0.15, 0.2) is 11.5 Å². The van der Waals surface area contributed by atoms with Gasteiger partial charge >= 0.3 is 0 Å². The number of ether oxygens (including phenoxy) is 2.